The van der Waals surface area contributed by atoms with Crippen LogP contribution in [-0.2, 0) is 17.7 Å². The second kappa shape index (κ2) is 10.8. The van der Waals surface area contributed by atoms with Gasteiger partial charge in [-0.25, -0.2) is 19.3 Å². The van der Waals surface area contributed by atoms with E-state index >= 15 is 4.39 Å². The largest absolute Gasteiger partial charge is 0.378 e. The van der Waals surface area contributed by atoms with Crippen molar-refractivity contribution in [2.75, 3.05) is 48.4 Å². The topological polar surface area (TPSA) is 138 Å². The molecule has 1 atom stereocenters. The minimum absolute atomic E-state index is 0.180. The molecule has 4 aromatic rings. The summed E-state index contributed by atoms with van der Waals surface area (Å²) in [5.41, 5.74) is 9.80. The number of pyridine rings is 1. The van der Waals surface area contributed by atoms with Crippen LogP contribution in [0.15, 0.2) is 55.1 Å². The summed E-state index contributed by atoms with van der Waals surface area (Å²) in [5.74, 6) is 0.915. The van der Waals surface area contributed by atoms with Crippen LogP contribution in [-0.4, -0.2) is 62.9 Å². The van der Waals surface area contributed by atoms with Crippen molar-refractivity contribution in [3.63, 3.8) is 0 Å². The zero-order valence-corrected chi connectivity index (χ0v) is 21.2. The Morgan fingerprint density at radius 3 is 2.56 bits per heavy atom. The van der Waals surface area contributed by atoms with Crippen LogP contribution in [0.3, 0.4) is 0 Å². The highest BCUT2D eigenvalue weighted by Crippen LogP contribution is 2.40. The van der Waals surface area contributed by atoms with E-state index in [1.807, 2.05) is 17.0 Å². The Kier molecular flexibility index (Phi) is 6.97. The lowest BCUT2D eigenvalue weighted by molar-refractivity contribution is 0.122. The van der Waals surface area contributed by atoms with Gasteiger partial charge in [-0.3, -0.25) is 10.3 Å². The summed E-state index contributed by atoms with van der Waals surface area (Å²) in [6.45, 7) is 3.42. The molecule has 11 nitrogen and oxygen atoms in total. The van der Waals surface area contributed by atoms with E-state index in [0.29, 0.717) is 74.5 Å². The molecule has 2 aliphatic heterocycles. The molecule has 0 amide bonds. The molecule has 0 radical (unpaired) electrons. The minimum atomic E-state index is -1.03. The second-order valence-electron chi connectivity index (χ2n) is 9.36. The van der Waals surface area contributed by atoms with E-state index in [9.17, 15) is 5.11 Å². The molecule has 1 aromatic carbocycles. The van der Waals surface area contributed by atoms with Crippen molar-refractivity contribution in [1.82, 2.24) is 30.2 Å². The molecular formula is C27H28FN9O2. The monoisotopic (exact) mass is 529 g/mol. The number of nitrogen functional groups attached to an aromatic ring is 1. The van der Waals surface area contributed by atoms with Crippen LogP contribution in [0.4, 0.5) is 27.8 Å². The van der Waals surface area contributed by atoms with E-state index in [1.54, 1.807) is 36.9 Å². The van der Waals surface area contributed by atoms with Gasteiger partial charge in [0.05, 0.1) is 24.6 Å². The maximum absolute atomic E-state index is 15.5. The Hall–Kier alpha value is -4.26. The molecule has 0 saturated carbocycles. The van der Waals surface area contributed by atoms with Crippen LogP contribution in [0.25, 0.3) is 11.3 Å². The number of nitrogens with two attached hydrogens (primary N) is 1. The Morgan fingerprint density at radius 1 is 1.05 bits per heavy atom. The summed E-state index contributed by atoms with van der Waals surface area (Å²) < 4.78 is 21.1. The first kappa shape index (κ1) is 25.0. The highest BCUT2D eigenvalue weighted by Gasteiger charge is 2.31. The first-order valence-corrected chi connectivity index (χ1v) is 12.8. The molecule has 12 heteroatoms. The van der Waals surface area contributed by atoms with Crippen molar-refractivity contribution in [3.8, 4) is 11.3 Å². The summed E-state index contributed by atoms with van der Waals surface area (Å²) >= 11 is 0. The number of morpholine rings is 1. The molecule has 5 heterocycles. The average Bonchev–Trinajstić information content (AvgIpc) is 3.40. The summed E-state index contributed by atoms with van der Waals surface area (Å²) in [7, 11) is 0. The molecule has 1 fully saturated rings. The van der Waals surface area contributed by atoms with Gasteiger partial charge in [-0.1, -0.05) is 6.07 Å². The van der Waals surface area contributed by atoms with Crippen LogP contribution >= 0.6 is 0 Å². The number of aliphatic hydroxyl groups is 1. The number of hydrogen-bond donors (Lipinski definition) is 3. The highest BCUT2D eigenvalue weighted by molar-refractivity contribution is 5.77. The van der Waals surface area contributed by atoms with Gasteiger partial charge in [0.25, 0.3) is 0 Å². The quantitative estimate of drug-likeness (QED) is 0.304. The van der Waals surface area contributed by atoms with E-state index in [-0.39, 0.29) is 5.95 Å². The number of hydrogen-bond acceptors (Lipinski definition) is 11. The standard InChI is InChI=1S/C27H28FN9O2/c28-21-13-18(25(38)31-14-17-3-6-30-7-4-17)1-2-22(21)37-8-5-20-23(19-15-32-26(29)33-16-19)34-27(35-24(20)37)36-9-11-39-12-10-36/h1-4,6-7,13,15-16,25,31,38H,5,8-12,14H2,(H2,29,32,33). The highest BCUT2D eigenvalue weighted by atomic mass is 19.1. The Bertz CT molecular complexity index is 1450. The average molecular weight is 530 g/mol. The van der Waals surface area contributed by atoms with Gasteiger partial charge in [0, 0.05) is 62.1 Å². The molecule has 3 aromatic heterocycles. The fourth-order valence-electron chi connectivity index (χ4n) is 4.83. The molecule has 200 valence electrons. The SMILES string of the molecule is Nc1ncc(-c2nc(N3CCOCC3)nc3c2CCN3c2ccc(C(O)NCc3ccncc3)cc2F)cn1. The summed E-state index contributed by atoms with van der Waals surface area (Å²) in [6.07, 6.45) is 6.26. The maximum Gasteiger partial charge on any atom is 0.228 e. The molecule has 4 N–H and O–H groups in total. The van der Waals surface area contributed by atoms with Gasteiger partial charge in [-0.05, 0) is 41.8 Å². The van der Waals surface area contributed by atoms with Gasteiger partial charge in [-0.2, -0.15) is 4.98 Å². The van der Waals surface area contributed by atoms with E-state index in [1.165, 1.54) is 6.07 Å². The Labute approximate surface area is 224 Å². The second-order valence-corrected chi connectivity index (χ2v) is 9.36. The number of ether oxygens (including phenoxy) is 1. The fourth-order valence-corrected chi connectivity index (χ4v) is 4.83. The van der Waals surface area contributed by atoms with Gasteiger partial charge >= 0.3 is 0 Å². The van der Waals surface area contributed by atoms with Gasteiger partial charge < -0.3 is 25.4 Å². The van der Waals surface area contributed by atoms with Crippen molar-refractivity contribution in [3.05, 3.63) is 77.6 Å². The minimum Gasteiger partial charge on any atom is -0.378 e. The number of fused-ring (bicyclic) bond motifs is 1. The number of benzene rings is 1. The molecule has 2 aliphatic rings. The van der Waals surface area contributed by atoms with Crippen LogP contribution in [0, 0.1) is 5.82 Å². The van der Waals surface area contributed by atoms with Crippen LogP contribution in [0.1, 0.15) is 22.9 Å². The number of halogens is 1. The van der Waals surface area contributed by atoms with E-state index in [0.717, 1.165) is 16.7 Å². The third kappa shape index (κ3) is 5.21. The Morgan fingerprint density at radius 2 is 1.82 bits per heavy atom. The number of rotatable bonds is 7. The number of nitrogens with zero attached hydrogens (tertiary/aromatic N) is 7. The molecule has 39 heavy (non-hydrogen) atoms. The molecule has 0 spiro atoms. The summed E-state index contributed by atoms with van der Waals surface area (Å²) in [6, 6.07) is 8.47. The predicted molar refractivity (Wildman–Crippen MR) is 144 cm³/mol. The van der Waals surface area contributed by atoms with Crippen molar-refractivity contribution in [2.24, 2.45) is 0 Å². The van der Waals surface area contributed by atoms with Crippen LogP contribution < -0.4 is 20.9 Å². The van der Waals surface area contributed by atoms with Gasteiger partial charge in [-0.15, -0.1) is 0 Å². The normalized spacial score (nSPS) is 15.8. The molecular weight excluding hydrogens is 501 g/mol. The maximum atomic E-state index is 15.5. The third-order valence-electron chi connectivity index (χ3n) is 6.88. The van der Waals surface area contributed by atoms with E-state index in [4.69, 9.17) is 20.4 Å². The number of anilines is 4. The lowest BCUT2D eigenvalue weighted by Crippen LogP contribution is -2.37. The zero-order chi connectivity index (χ0) is 26.8. The Balaban J connectivity index is 1.31. The molecule has 1 saturated heterocycles. The van der Waals surface area contributed by atoms with E-state index < -0.39 is 12.0 Å². The van der Waals surface area contributed by atoms with Gasteiger partial charge in [0.2, 0.25) is 11.9 Å². The fraction of sp³-hybridized carbons (Fsp3) is 0.296. The molecule has 1 unspecified atom stereocenters. The molecule has 0 aliphatic carbocycles. The first-order chi connectivity index (χ1) is 19.1. The van der Waals surface area contributed by atoms with Crippen molar-refractivity contribution in [1.29, 1.82) is 0 Å². The van der Waals surface area contributed by atoms with Gasteiger partial charge in [0.1, 0.15) is 17.9 Å². The predicted octanol–water partition coefficient (Wildman–Crippen LogP) is 2.36. The number of aliphatic hydroxyl groups excluding tert-OH is 1. The van der Waals surface area contributed by atoms with Gasteiger partial charge in [0.15, 0.2) is 0 Å². The summed E-state index contributed by atoms with van der Waals surface area (Å²) in [4.78, 5) is 26.0. The molecule has 6 rings (SSSR count). The van der Waals surface area contributed by atoms with E-state index in [2.05, 4.69) is 25.2 Å². The number of nitrogens with one attached hydrogen (secondary N) is 1. The smallest absolute Gasteiger partial charge is 0.228 e. The summed E-state index contributed by atoms with van der Waals surface area (Å²) in [5, 5.41) is 13.6. The van der Waals surface area contributed by atoms with Crippen molar-refractivity contribution < 1.29 is 14.2 Å². The van der Waals surface area contributed by atoms with Crippen LogP contribution in [0.5, 0.6) is 0 Å². The first-order valence-electron chi connectivity index (χ1n) is 12.8. The lowest BCUT2D eigenvalue weighted by Gasteiger charge is -2.28. The van der Waals surface area contributed by atoms with Crippen molar-refractivity contribution in [2.45, 2.75) is 19.2 Å². The number of aromatic nitrogens is 5. The zero-order valence-electron chi connectivity index (χ0n) is 21.2. The molecule has 0 bridgehead atoms. The third-order valence-corrected chi connectivity index (χ3v) is 6.88. The lowest BCUT2D eigenvalue weighted by atomic mass is 10.1. The van der Waals surface area contributed by atoms with Crippen LogP contribution in [0.2, 0.25) is 0 Å². The van der Waals surface area contributed by atoms with Crippen molar-refractivity contribution >= 4 is 23.4 Å².